The minimum Gasteiger partial charge on any atom is -0.310 e. The van der Waals surface area contributed by atoms with Crippen LogP contribution < -0.4 is 5.32 Å². The molecule has 2 rings (SSSR count). The SMILES string of the molecule is Cc1c(CNC(C)C2CCC2)cccc1[N+](=O)[O-]. The van der Waals surface area contributed by atoms with E-state index in [9.17, 15) is 10.1 Å². The highest BCUT2D eigenvalue weighted by Crippen LogP contribution is 2.29. The standard InChI is InChI=1S/C14H20N2O2/c1-10-13(7-4-8-14(10)16(17)18)9-15-11(2)12-5-3-6-12/h4,7-8,11-12,15H,3,5-6,9H2,1-2H3. The molecule has 0 amide bonds. The predicted molar refractivity (Wildman–Crippen MR) is 71.5 cm³/mol. The maximum Gasteiger partial charge on any atom is 0.272 e. The lowest BCUT2D eigenvalue weighted by molar-refractivity contribution is -0.385. The van der Waals surface area contributed by atoms with Crippen LogP contribution in [0.3, 0.4) is 0 Å². The van der Waals surface area contributed by atoms with Crippen molar-refractivity contribution >= 4 is 5.69 Å². The minimum atomic E-state index is -0.311. The van der Waals surface area contributed by atoms with E-state index in [-0.39, 0.29) is 10.6 Å². The van der Waals surface area contributed by atoms with Gasteiger partial charge in [0.05, 0.1) is 4.92 Å². The van der Waals surface area contributed by atoms with Gasteiger partial charge in [-0.15, -0.1) is 0 Å². The molecule has 1 saturated carbocycles. The quantitative estimate of drug-likeness (QED) is 0.643. The molecular formula is C14H20N2O2. The van der Waals surface area contributed by atoms with Crippen molar-refractivity contribution in [3.8, 4) is 0 Å². The molecule has 0 spiro atoms. The van der Waals surface area contributed by atoms with E-state index >= 15 is 0 Å². The Balaban J connectivity index is 2.00. The van der Waals surface area contributed by atoms with Crippen LogP contribution in [0.5, 0.6) is 0 Å². The molecule has 1 N–H and O–H groups in total. The Labute approximate surface area is 108 Å². The van der Waals surface area contributed by atoms with E-state index in [0.717, 1.165) is 17.0 Å². The van der Waals surface area contributed by atoms with Crippen molar-refractivity contribution in [2.45, 2.75) is 45.7 Å². The molecule has 4 heteroatoms. The molecule has 1 aromatic carbocycles. The lowest BCUT2D eigenvalue weighted by Gasteiger charge is -2.32. The molecule has 4 nitrogen and oxygen atoms in total. The molecule has 98 valence electrons. The highest BCUT2D eigenvalue weighted by atomic mass is 16.6. The summed E-state index contributed by atoms with van der Waals surface area (Å²) < 4.78 is 0. The molecule has 1 atom stereocenters. The molecule has 1 aromatic rings. The van der Waals surface area contributed by atoms with E-state index in [4.69, 9.17) is 0 Å². The summed E-state index contributed by atoms with van der Waals surface area (Å²) in [5, 5.41) is 14.3. The number of nitro benzene ring substituents is 1. The summed E-state index contributed by atoms with van der Waals surface area (Å²) in [6.07, 6.45) is 3.96. The zero-order valence-electron chi connectivity index (χ0n) is 11.0. The Hall–Kier alpha value is -1.42. The molecule has 0 aromatic heterocycles. The van der Waals surface area contributed by atoms with Crippen LogP contribution in [0, 0.1) is 23.0 Å². The molecule has 1 aliphatic rings. The van der Waals surface area contributed by atoms with Crippen LogP contribution in [0.1, 0.15) is 37.3 Å². The van der Waals surface area contributed by atoms with Crippen molar-refractivity contribution in [1.29, 1.82) is 0 Å². The van der Waals surface area contributed by atoms with Crippen molar-refractivity contribution in [2.75, 3.05) is 0 Å². The fourth-order valence-corrected chi connectivity index (χ4v) is 2.44. The van der Waals surface area contributed by atoms with Crippen LogP contribution in [0.25, 0.3) is 0 Å². The zero-order chi connectivity index (χ0) is 13.1. The summed E-state index contributed by atoms with van der Waals surface area (Å²) in [6, 6.07) is 5.78. The average Bonchev–Trinajstić information content (AvgIpc) is 2.25. The Morgan fingerprint density at radius 3 is 2.78 bits per heavy atom. The van der Waals surface area contributed by atoms with Crippen LogP contribution in [0.2, 0.25) is 0 Å². The van der Waals surface area contributed by atoms with Crippen molar-refractivity contribution in [3.05, 3.63) is 39.4 Å². The van der Waals surface area contributed by atoms with Gasteiger partial charge < -0.3 is 5.32 Å². The van der Waals surface area contributed by atoms with Gasteiger partial charge in [-0.1, -0.05) is 18.6 Å². The third-order valence-electron chi connectivity index (χ3n) is 4.09. The second-order valence-electron chi connectivity index (χ2n) is 5.18. The fourth-order valence-electron chi connectivity index (χ4n) is 2.44. The van der Waals surface area contributed by atoms with Crippen LogP contribution in [-0.4, -0.2) is 11.0 Å². The second-order valence-corrected chi connectivity index (χ2v) is 5.18. The van der Waals surface area contributed by atoms with E-state index in [1.54, 1.807) is 12.1 Å². The van der Waals surface area contributed by atoms with Crippen LogP contribution in [0.15, 0.2) is 18.2 Å². The Bertz CT molecular complexity index is 441. The number of hydrogen-bond donors (Lipinski definition) is 1. The Morgan fingerprint density at radius 1 is 1.50 bits per heavy atom. The van der Waals surface area contributed by atoms with Crippen molar-refractivity contribution in [3.63, 3.8) is 0 Å². The van der Waals surface area contributed by atoms with Gasteiger partial charge in [0, 0.05) is 24.2 Å². The summed E-state index contributed by atoms with van der Waals surface area (Å²) >= 11 is 0. The summed E-state index contributed by atoms with van der Waals surface area (Å²) in [7, 11) is 0. The Morgan fingerprint density at radius 2 is 2.22 bits per heavy atom. The number of benzene rings is 1. The van der Waals surface area contributed by atoms with Gasteiger partial charge in [0.2, 0.25) is 0 Å². The first-order chi connectivity index (χ1) is 8.59. The van der Waals surface area contributed by atoms with Crippen molar-refractivity contribution < 1.29 is 4.92 Å². The lowest BCUT2D eigenvalue weighted by Crippen LogP contribution is -2.36. The summed E-state index contributed by atoms with van der Waals surface area (Å²) in [5.74, 6) is 0.781. The number of nitrogens with one attached hydrogen (secondary N) is 1. The number of nitro groups is 1. The highest BCUT2D eigenvalue weighted by molar-refractivity contribution is 5.44. The molecule has 0 radical (unpaired) electrons. The van der Waals surface area contributed by atoms with Gasteiger partial charge in [-0.2, -0.15) is 0 Å². The first kappa shape index (κ1) is 13.0. The van der Waals surface area contributed by atoms with E-state index in [2.05, 4.69) is 12.2 Å². The molecule has 0 heterocycles. The van der Waals surface area contributed by atoms with Crippen molar-refractivity contribution in [1.82, 2.24) is 5.32 Å². The van der Waals surface area contributed by atoms with Gasteiger partial charge in [0.15, 0.2) is 0 Å². The first-order valence-corrected chi connectivity index (χ1v) is 6.56. The third kappa shape index (κ3) is 2.70. The van der Waals surface area contributed by atoms with Crippen LogP contribution in [0.4, 0.5) is 5.69 Å². The van der Waals surface area contributed by atoms with Gasteiger partial charge in [0.25, 0.3) is 5.69 Å². The molecule has 0 aliphatic heterocycles. The summed E-state index contributed by atoms with van der Waals surface area (Å²) in [5.41, 5.74) is 2.01. The summed E-state index contributed by atoms with van der Waals surface area (Å²) in [4.78, 5) is 10.5. The smallest absolute Gasteiger partial charge is 0.272 e. The second kappa shape index (κ2) is 5.48. The molecular weight excluding hydrogens is 228 g/mol. The maximum atomic E-state index is 10.9. The minimum absolute atomic E-state index is 0.214. The Kier molecular flexibility index (Phi) is 3.97. The van der Waals surface area contributed by atoms with Crippen LogP contribution in [-0.2, 0) is 6.54 Å². The first-order valence-electron chi connectivity index (χ1n) is 6.56. The molecule has 0 saturated heterocycles. The normalized spacial score (nSPS) is 17.2. The average molecular weight is 248 g/mol. The van der Waals surface area contributed by atoms with Crippen LogP contribution >= 0.6 is 0 Å². The van der Waals surface area contributed by atoms with Gasteiger partial charge in [-0.05, 0) is 38.2 Å². The van der Waals surface area contributed by atoms with E-state index < -0.39 is 0 Å². The largest absolute Gasteiger partial charge is 0.310 e. The molecule has 1 aliphatic carbocycles. The van der Waals surface area contributed by atoms with Gasteiger partial charge in [-0.3, -0.25) is 10.1 Å². The fraction of sp³-hybridized carbons (Fsp3) is 0.571. The van der Waals surface area contributed by atoms with Gasteiger partial charge in [-0.25, -0.2) is 0 Å². The number of rotatable bonds is 5. The number of hydrogen-bond acceptors (Lipinski definition) is 3. The maximum absolute atomic E-state index is 10.9. The van der Waals surface area contributed by atoms with Gasteiger partial charge in [0.1, 0.15) is 0 Å². The third-order valence-corrected chi connectivity index (χ3v) is 4.09. The predicted octanol–water partition coefficient (Wildman–Crippen LogP) is 3.18. The molecule has 18 heavy (non-hydrogen) atoms. The number of nitrogens with zero attached hydrogens (tertiary/aromatic N) is 1. The molecule has 1 unspecified atom stereocenters. The zero-order valence-corrected chi connectivity index (χ0v) is 11.0. The van der Waals surface area contributed by atoms with Gasteiger partial charge >= 0.3 is 0 Å². The highest BCUT2D eigenvalue weighted by Gasteiger charge is 2.23. The van der Waals surface area contributed by atoms with E-state index in [0.29, 0.717) is 12.6 Å². The van der Waals surface area contributed by atoms with E-state index in [1.165, 1.54) is 19.3 Å². The van der Waals surface area contributed by atoms with E-state index in [1.807, 2.05) is 13.0 Å². The summed E-state index contributed by atoms with van der Waals surface area (Å²) in [6.45, 7) is 4.74. The molecule has 0 bridgehead atoms. The topological polar surface area (TPSA) is 55.2 Å². The molecule has 1 fully saturated rings. The van der Waals surface area contributed by atoms with Crippen molar-refractivity contribution in [2.24, 2.45) is 5.92 Å². The monoisotopic (exact) mass is 248 g/mol. The lowest BCUT2D eigenvalue weighted by atomic mass is 9.80.